The van der Waals surface area contributed by atoms with E-state index in [1.807, 2.05) is 4.90 Å². The van der Waals surface area contributed by atoms with E-state index in [-0.39, 0.29) is 17.7 Å². The third-order valence-electron chi connectivity index (χ3n) is 5.24. The number of methoxy groups -OCH3 is 1. The number of carbonyl (C=O) groups excluding carboxylic acids is 1. The number of carboxylic acids is 1. The Balaban J connectivity index is 1.86. The second-order valence-electron chi connectivity index (χ2n) is 6.81. The van der Waals surface area contributed by atoms with Gasteiger partial charge in [0.25, 0.3) is 0 Å². The molecule has 5 nitrogen and oxygen atoms in total. The molecule has 126 valence electrons. The Bertz CT molecular complexity index is 377. The van der Waals surface area contributed by atoms with Crippen LogP contribution in [-0.2, 0) is 14.3 Å². The molecule has 1 heterocycles. The Morgan fingerprint density at radius 1 is 1.09 bits per heavy atom. The van der Waals surface area contributed by atoms with E-state index in [4.69, 9.17) is 9.84 Å². The standard InChI is InChI=1S/C17H29NO4/c1-22-11-9-13-4-2-3-10-18(12-13)16(19)14-5-7-15(8-6-14)17(20)21/h13-15H,2-12H2,1H3,(H,20,21). The Morgan fingerprint density at radius 3 is 2.41 bits per heavy atom. The molecule has 1 aliphatic heterocycles. The maximum absolute atomic E-state index is 12.7. The van der Waals surface area contributed by atoms with Crippen LogP contribution in [0.3, 0.4) is 0 Å². The Labute approximate surface area is 133 Å². The summed E-state index contributed by atoms with van der Waals surface area (Å²) in [5.74, 6) is -0.116. The maximum atomic E-state index is 12.7. The molecule has 1 N–H and O–H groups in total. The molecule has 1 aliphatic carbocycles. The zero-order chi connectivity index (χ0) is 15.9. The third kappa shape index (κ3) is 4.70. The van der Waals surface area contributed by atoms with Crippen LogP contribution in [0.5, 0.6) is 0 Å². The van der Waals surface area contributed by atoms with Crippen molar-refractivity contribution in [3.8, 4) is 0 Å². The quantitative estimate of drug-likeness (QED) is 0.847. The van der Waals surface area contributed by atoms with Crippen molar-refractivity contribution in [3.05, 3.63) is 0 Å². The Morgan fingerprint density at radius 2 is 1.77 bits per heavy atom. The predicted molar refractivity (Wildman–Crippen MR) is 83.5 cm³/mol. The van der Waals surface area contributed by atoms with Gasteiger partial charge in [0.2, 0.25) is 5.91 Å². The van der Waals surface area contributed by atoms with Crippen LogP contribution in [-0.4, -0.2) is 48.7 Å². The number of nitrogens with zero attached hydrogens (tertiary/aromatic N) is 1. The maximum Gasteiger partial charge on any atom is 0.306 e. The molecule has 1 saturated heterocycles. The predicted octanol–water partition coefficient (Wildman–Crippen LogP) is 2.54. The molecule has 0 bridgehead atoms. The van der Waals surface area contributed by atoms with E-state index in [0.717, 1.165) is 45.4 Å². The van der Waals surface area contributed by atoms with E-state index >= 15 is 0 Å². The molecular formula is C17H29NO4. The lowest BCUT2D eigenvalue weighted by Crippen LogP contribution is -2.40. The second kappa shape index (κ2) is 8.51. The number of hydrogen-bond donors (Lipinski definition) is 1. The summed E-state index contributed by atoms with van der Waals surface area (Å²) in [7, 11) is 1.72. The van der Waals surface area contributed by atoms with Gasteiger partial charge < -0.3 is 14.7 Å². The first-order valence-corrected chi connectivity index (χ1v) is 8.62. The molecule has 2 aliphatic rings. The molecule has 1 atom stereocenters. The highest BCUT2D eigenvalue weighted by molar-refractivity contribution is 5.79. The smallest absolute Gasteiger partial charge is 0.306 e. The summed E-state index contributed by atoms with van der Waals surface area (Å²) >= 11 is 0. The van der Waals surface area contributed by atoms with E-state index in [1.165, 1.54) is 12.8 Å². The fourth-order valence-electron chi connectivity index (χ4n) is 3.80. The minimum absolute atomic E-state index is 0.0387. The number of carbonyl (C=O) groups is 2. The summed E-state index contributed by atoms with van der Waals surface area (Å²) in [6, 6.07) is 0. The highest BCUT2D eigenvalue weighted by Crippen LogP contribution is 2.31. The van der Waals surface area contributed by atoms with Gasteiger partial charge in [-0.15, -0.1) is 0 Å². The van der Waals surface area contributed by atoms with E-state index < -0.39 is 5.97 Å². The van der Waals surface area contributed by atoms with Crippen molar-refractivity contribution in [2.45, 2.75) is 51.4 Å². The summed E-state index contributed by atoms with van der Waals surface area (Å²) in [6.07, 6.45) is 7.22. The summed E-state index contributed by atoms with van der Waals surface area (Å²) < 4.78 is 5.17. The summed E-state index contributed by atoms with van der Waals surface area (Å²) in [4.78, 5) is 25.8. The number of amides is 1. The average Bonchev–Trinajstić information content (AvgIpc) is 2.78. The lowest BCUT2D eigenvalue weighted by atomic mass is 9.81. The molecule has 0 spiro atoms. The van der Waals surface area contributed by atoms with Crippen LogP contribution in [0, 0.1) is 17.8 Å². The SMILES string of the molecule is COCCC1CCCCN(C(=O)C2CCC(C(=O)O)CC2)C1. The van der Waals surface area contributed by atoms with Crippen molar-refractivity contribution in [2.75, 3.05) is 26.8 Å². The van der Waals surface area contributed by atoms with Gasteiger partial charge >= 0.3 is 5.97 Å². The van der Waals surface area contributed by atoms with Crippen molar-refractivity contribution < 1.29 is 19.4 Å². The van der Waals surface area contributed by atoms with Crippen molar-refractivity contribution in [1.29, 1.82) is 0 Å². The number of rotatable bonds is 5. The van der Waals surface area contributed by atoms with Gasteiger partial charge in [-0.3, -0.25) is 9.59 Å². The van der Waals surface area contributed by atoms with Crippen molar-refractivity contribution in [2.24, 2.45) is 17.8 Å². The molecule has 0 aromatic carbocycles. The van der Waals surface area contributed by atoms with Crippen LogP contribution in [0.15, 0.2) is 0 Å². The number of aliphatic carboxylic acids is 1. The van der Waals surface area contributed by atoms with Crippen LogP contribution >= 0.6 is 0 Å². The summed E-state index contributed by atoms with van der Waals surface area (Å²) in [6.45, 7) is 2.47. The van der Waals surface area contributed by atoms with Crippen LogP contribution < -0.4 is 0 Å². The molecule has 22 heavy (non-hydrogen) atoms. The molecule has 0 aromatic heterocycles. The largest absolute Gasteiger partial charge is 0.481 e. The van der Waals surface area contributed by atoms with Gasteiger partial charge in [0, 0.05) is 32.7 Å². The fraction of sp³-hybridized carbons (Fsp3) is 0.882. The first kappa shape index (κ1) is 17.3. The summed E-state index contributed by atoms with van der Waals surface area (Å²) in [5.41, 5.74) is 0. The highest BCUT2D eigenvalue weighted by atomic mass is 16.5. The van der Waals surface area contributed by atoms with E-state index in [0.29, 0.717) is 18.8 Å². The molecule has 2 fully saturated rings. The van der Waals surface area contributed by atoms with Gasteiger partial charge in [-0.05, 0) is 50.9 Å². The fourth-order valence-corrected chi connectivity index (χ4v) is 3.80. The minimum Gasteiger partial charge on any atom is -0.481 e. The van der Waals surface area contributed by atoms with E-state index in [1.54, 1.807) is 7.11 Å². The van der Waals surface area contributed by atoms with E-state index in [2.05, 4.69) is 0 Å². The molecular weight excluding hydrogens is 282 g/mol. The topological polar surface area (TPSA) is 66.8 Å². The first-order chi connectivity index (χ1) is 10.6. The molecule has 0 radical (unpaired) electrons. The first-order valence-electron chi connectivity index (χ1n) is 8.62. The van der Waals surface area contributed by atoms with Crippen LogP contribution in [0.2, 0.25) is 0 Å². The number of ether oxygens (including phenoxy) is 1. The van der Waals surface area contributed by atoms with Crippen molar-refractivity contribution in [1.82, 2.24) is 4.90 Å². The Hall–Kier alpha value is -1.10. The number of likely N-dealkylation sites (tertiary alicyclic amines) is 1. The third-order valence-corrected chi connectivity index (χ3v) is 5.24. The zero-order valence-electron chi connectivity index (χ0n) is 13.6. The van der Waals surface area contributed by atoms with Crippen molar-refractivity contribution in [3.63, 3.8) is 0 Å². The van der Waals surface area contributed by atoms with Gasteiger partial charge in [0.15, 0.2) is 0 Å². The second-order valence-corrected chi connectivity index (χ2v) is 6.81. The molecule has 1 unspecified atom stereocenters. The van der Waals surface area contributed by atoms with Crippen LogP contribution in [0.25, 0.3) is 0 Å². The highest BCUT2D eigenvalue weighted by Gasteiger charge is 2.33. The summed E-state index contributed by atoms with van der Waals surface area (Å²) in [5, 5.41) is 9.06. The molecule has 5 heteroatoms. The normalized spacial score (nSPS) is 29.9. The van der Waals surface area contributed by atoms with Gasteiger partial charge in [0.05, 0.1) is 5.92 Å². The average molecular weight is 311 g/mol. The molecule has 1 amide bonds. The van der Waals surface area contributed by atoms with Gasteiger partial charge in [-0.2, -0.15) is 0 Å². The zero-order valence-corrected chi connectivity index (χ0v) is 13.6. The van der Waals surface area contributed by atoms with Gasteiger partial charge in [-0.25, -0.2) is 0 Å². The number of carboxylic acid groups (broad SMARTS) is 1. The van der Waals surface area contributed by atoms with Crippen LogP contribution in [0.1, 0.15) is 51.4 Å². The molecule has 1 saturated carbocycles. The monoisotopic (exact) mass is 311 g/mol. The Kier molecular flexibility index (Phi) is 6.68. The minimum atomic E-state index is -0.708. The van der Waals surface area contributed by atoms with Gasteiger partial charge in [-0.1, -0.05) is 6.42 Å². The number of hydrogen-bond acceptors (Lipinski definition) is 3. The van der Waals surface area contributed by atoms with Crippen molar-refractivity contribution >= 4 is 11.9 Å². The lowest BCUT2D eigenvalue weighted by Gasteiger charge is -2.31. The van der Waals surface area contributed by atoms with E-state index in [9.17, 15) is 9.59 Å². The molecule has 2 rings (SSSR count). The molecule has 0 aromatic rings. The van der Waals surface area contributed by atoms with Gasteiger partial charge in [0.1, 0.15) is 0 Å². The lowest BCUT2D eigenvalue weighted by molar-refractivity contribution is -0.145. The van der Waals surface area contributed by atoms with Crippen LogP contribution in [0.4, 0.5) is 0 Å².